The SMILES string of the molecule is ClCc1nc2cccnc2n1Cc1cccnc1. The Bertz CT molecular complexity index is 663. The third kappa shape index (κ3) is 1.95. The van der Waals surface area contributed by atoms with Gasteiger partial charge in [0.25, 0.3) is 0 Å². The van der Waals surface area contributed by atoms with Crippen molar-refractivity contribution in [1.29, 1.82) is 0 Å². The maximum absolute atomic E-state index is 5.94. The summed E-state index contributed by atoms with van der Waals surface area (Å²) in [4.78, 5) is 13.0. The van der Waals surface area contributed by atoms with Crippen LogP contribution in [0.25, 0.3) is 11.2 Å². The summed E-state index contributed by atoms with van der Waals surface area (Å²) in [6.07, 6.45) is 5.37. The van der Waals surface area contributed by atoms with Gasteiger partial charge in [0.1, 0.15) is 11.3 Å². The zero-order chi connectivity index (χ0) is 12.4. The first kappa shape index (κ1) is 11.2. The maximum atomic E-state index is 5.94. The van der Waals surface area contributed by atoms with Gasteiger partial charge in [-0.2, -0.15) is 0 Å². The van der Waals surface area contributed by atoms with E-state index < -0.39 is 0 Å². The molecular formula is C13H11ClN4. The second-order valence-corrected chi connectivity index (χ2v) is 4.22. The fourth-order valence-electron chi connectivity index (χ4n) is 1.95. The highest BCUT2D eigenvalue weighted by Crippen LogP contribution is 2.16. The Hall–Kier alpha value is -1.94. The van der Waals surface area contributed by atoms with Gasteiger partial charge in [0, 0.05) is 18.6 Å². The van der Waals surface area contributed by atoms with E-state index >= 15 is 0 Å². The predicted octanol–water partition coefficient (Wildman–Crippen LogP) is 2.61. The first-order valence-corrected chi connectivity index (χ1v) is 6.17. The van der Waals surface area contributed by atoms with E-state index in [0.29, 0.717) is 12.4 Å². The van der Waals surface area contributed by atoms with Gasteiger partial charge in [0.05, 0.1) is 12.4 Å². The Morgan fingerprint density at radius 3 is 2.83 bits per heavy atom. The number of imidazole rings is 1. The summed E-state index contributed by atoms with van der Waals surface area (Å²) in [5, 5.41) is 0. The summed E-state index contributed by atoms with van der Waals surface area (Å²) in [5.41, 5.74) is 2.84. The number of pyridine rings is 2. The van der Waals surface area contributed by atoms with Crippen molar-refractivity contribution in [2.75, 3.05) is 0 Å². The smallest absolute Gasteiger partial charge is 0.160 e. The quantitative estimate of drug-likeness (QED) is 0.679. The molecular weight excluding hydrogens is 248 g/mol. The molecule has 0 spiro atoms. The average Bonchev–Trinajstić information content (AvgIpc) is 2.78. The minimum Gasteiger partial charge on any atom is -0.307 e. The van der Waals surface area contributed by atoms with Gasteiger partial charge in [-0.3, -0.25) is 4.98 Å². The van der Waals surface area contributed by atoms with Gasteiger partial charge in [-0.05, 0) is 23.8 Å². The van der Waals surface area contributed by atoms with Crippen molar-refractivity contribution in [2.45, 2.75) is 12.4 Å². The molecule has 3 aromatic heterocycles. The lowest BCUT2D eigenvalue weighted by atomic mass is 10.3. The van der Waals surface area contributed by atoms with Crippen LogP contribution in [-0.2, 0) is 12.4 Å². The predicted molar refractivity (Wildman–Crippen MR) is 70.4 cm³/mol. The number of aromatic nitrogens is 4. The Kier molecular flexibility index (Phi) is 2.94. The number of hydrogen-bond donors (Lipinski definition) is 0. The van der Waals surface area contributed by atoms with Crippen LogP contribution in [0.4, 0.5) is 0 Å². The highest BCUT2D eigenvalue weighted by Gasteiger charge is 2.10. The van der Waals surface area contributed by atoms with Crippen molar-refractivity contribution in [3.8, 4) is 0 Å². The summed E-state index contributed by atoms with van der Waals surface area (Å²) in [7, 11) is 0. The average molecular weight is 259 g/mol. The van der Waals surface area contributed by atoms with E-state index in [1.165, 1.54) is 0 Å². The van der Waals surface area contributed by atoms with Crippen molar-refractivity contribution in [1.82, 2.24) is 19.5 Å². The first-order valence-electron chi connectivity index (χ1n) is 5.63. The molecule has 3 aromatic rings. The monoisotopic (exact) mass is 258 g/mol. The summed E-state index contributed by atoms with van der Waals surface area (Å²) in [6, 6.07) is 7.77. The minimum absolute atomic E-state index is 0.372. The van der Waals surface area contributed by atoms with Gasteiger partial charge in [-0.25, -0.2) is 9.97 Å². The molecule has 0 amide bonds. The summed E-state index contributed by atoms with van der Waals surface area (Å²) in [6.45, 7) is 0.684. The molecule has 0 aliphatic heterocycles. The highest BCUT2D eigenvalue weighted by molar-refractivity contribution is 6.16. The van der Waals surface area contributed by atoms with Gasteiger partial charge in [-0.15, -0.1) is 11.6 Å². The number of nitrogens with zero attached hydrogens (tertiary/aromatic N) is 4. The largest absolute Gasteiger partial charge is 0.307 e. The summed E-state index contributed by atoms with van der Waals surface area (Å²) < 4.78 is 2.03. The van der Waals surface area contributed by atoms with Crippen LogP contribution in [-0.4, -0.2) is 19.5 Å². The molecule has 0 aliphatic carbocycles. The fourth-order valence-corrected chi connectivity index (χ4v) is 2.15. The Balaban J connectivity index is 2.10. The van der Waals surface area contributed by atoms with Crippen LogP contribution in [0, 0.1) is 0 Å². The van der Waals surface area contributed by atoms with Crippen LogP contribution < -0.4 is 0 Å². The van der Waals surface area contributed by atoms with E-state index in [0.717, 1.165) is 22.6 Å². The molecule has 0 bridgehead atoms. The van der Waals surface area contributed by atoms with Crippen molar-refractivity contribution in [3.63, 3.8) is 0 Å². The lowest BCUT2D eigenvalue weighted by Gasteiger charge is -2.06. The zero-order valence-electron chi connectivity index (χ0n) is 9.62. The molecule has 0 aromatic carbocycles. The van der Waals surface area contributed by atoms with E-state index in [2.05, 4.69) is 15.0 Å². The molecule has 0 saturated heterocycles. The lowest BCUT2D eigenvalue weighted by molar-refractivity contribution is 0.767. The van der Waals surface area contributed by atoms with Crippen molar-refractivity contribution in [3.05, 3.63) is 54.2 Å². The molecule has 3 heterocycles. The Morgan fingerprint density at radius 1 is 1.17 bits per heavy atom. The third-order valence-electron chi connectivity index (χ3n) is 2.77. The standard InChI is InChI=1S/C13H11ClN4/c14-7-12-17-11-4-2-6-16-13(11)18(12)9-10-3-1-5-15-8-10/h1-6,8H,7,9H2. The molecule has 4 nitrogen and oxygen atoms in total. The van der Waals surface area contributed by atoms with Crippen molar-refractivity contribution >= 4 is 22.8 Å². The van der Waals surface area contributed by atoms with E-state index in [1.54, 1.807) is 12.4 Å². The normalized spacial score (nSPS) is 10.9. The van der Waals surface area contributed by atoms with Crippen LogP contribution in [0.15, 0.2) is 42.9 Å². The molecule has 0 saturated carbocycles. The molecule has 0 unspecified atom stereocenters. The van der Waals surface area contributed by atoms with E-state index in [1.807, 2.05) is 35.0 Å². The molecule has 18 heavy (non-hydrogen) atoms. The molecule has 0 radical (unpaired) electrons. The second kappa shape index (κ2) is 4.74. The van der Waals surface area contributed by atoms with Gasteiger partial charge in [0.15, 0.2) is 5.65 Å². The number of alkyl halides is 1. The van der Waals surface area contributed by atoms with Crippen LogP contribution in [0.3, 0.4) is 0 Å². The summed E-state index contributed by atoms with van der Waals surface area (Å²) >= 11 is 5.94. The fraction of sp³-hybridized carbons (Fsp3) is 0.154. The molecule has 3 rings (SSSR count). The first-order chi connectivity index (χ1) is 8.88. The van der Waals surface area contributed by atoms with Crippen LogP contribution in [0.5, 0.6) is 0 Å². The molecule has 90 valence electrons. The Labute approximate surface area is 109 Å². The van der Waals surface area contributed by atoms with Crippen LogP contribution >= 0.6 is 11.6 Å². The van der Waals surface area contributed by atoms with Crippen molar-refractivity contribution in [2.24, 2.45) is 0 Å². The van der Waals surface area contributed by atoms with Crippen LogP contribution in [0.2, 0.25) is 0 Å². The number of fused-ring (bicyclic) bond motifs is 1. The molecule has 5 heteroatoms. The number of rotatable bonds is 3. The maximum Gasteiger partial charge on any atom is 0.160 e. The summed E-state index contributed by atoms with van der Waals surface area (Å²) in [5.74, 6) is 1.20. The topological polar surface area (TPSA) is 43.6 Å². The molecule has 0 fully saturated rings. The van der Waals surface area contributed by atoms with Crippen molar-refractivity contribution < 1.29 is 0 Å². The van der Waals surface area contributed by atoms with Gasteiger partial charge >= 0.3 is 0 Å². The lowest BCUT2D eigenvalue weighted by Crippen LogP contribution is -2.04. The third-order valence-corrected chi connectivity index (χ3v) is 3.00. The molecule has 0 atom stereocenters. The number of halogens is 1. The van der Waals surface area contributed by atoms with Gasteiger partial charge in [-0.1, -0.05) is 6.07 Å². The highest BCUT2D eigenvalue weighted by atomic mass is 35.5. The Morgan fingerprint density at radius 2 is 2.06 bits per heavy atom. The zero-order valence-corrected chi connectivity index (χ0v) is 10.4. The van der Waals surface area contributed by atoms with E-state index in [9.17, 15) is 0 Å². The van der Waals surface area contributed by atoms with Gasteiger partial charge in [0.2, 0.25) is 0 Å². The molecule has 0 aliphatic rings. The van der Waals surface area contributed by atoms with Crippen LogP contribution in [0.1, 0.15) is 11.4 Å². The molecule has 0 N–H and O–H groups in total. The number of hydrogen-bond acceptors (Lipinski definition) is 3. The van der Waals surface area contributed by atoms with E-state index in [4.69, 9.17) is 11.6 Å². The van der Waals surface area contributed by atoms with Gasteiger partial charge < -0.3 is 4.57 Å². The minimum atomic E-state index is 0.372. The van der Waals surface area contributed by atoms with E-state index in [-0.39, 0.29) is 0 Å². The second-order valence-electron chi connectivity index (χ2n) is 3.96.